The topological polar surface area (TPSA) is 29.1 Å². The molecule has 2 nitrogen and oxygen atoms in total. The molecule has 0 heterocycles. The summed E-state index contributed by atoms with van der Waals surface area (Å²) in [4.78, 5) is 10.7. The molecule has 0 aromatic heterocycles. The van der Waals surface area contributed by atoms with Crippen molar-refractivity contribution in [3.8, 4) is 0 Å². The predicted octanol–water partition coefficient (Wildman–Crippen LogP) is 2.18. The van der Waals surface area contributed by atoms with Crippen molar-refractivity contribution in [3.05, 3.63) is 23.3 Å². The minimum absolute atomic E-state index is 0.0548. The van der Waals surface area contributed by atoms with Crippen molar-refractivity contribution in [1.29, 1.82) is 0 Å². The number of hydrogen-bond acceptors (Lipinski definition) is 1. The molecule has 0 aromatic carbocycles. The summed E-state index contributed by atoms with van der Waals surface area (Å²) in [6, 6.07) is 0. The summed E-state index contributed by atoms with van der Waals surface area (Å²) < 4.78 is 0. The normalized spacial score (nSPS) is 17.1. The first-order valence-corrected chi connectivity index (χ1v) is 4.82. The molecule has 13 heavy (non-hydrogen) atoms. The van der Waals surface area contributed by atoms with Crippen LogP contribution in [0.5, 0.6) is 0 Å². The maximum atomic E-state index is 10.7. The third kappa shape index (κ3) is 3.05. The lowest BCUT2D eigenvalue weighted by Gasteiger charge is -2.04. The van der Waals surface area contributed by atoms with Gasteiger partial charge in [-0.25, -0.2) is 0 Å². The molecule has 1 amide bonds. The molecule has 2 heteroatoms. The summed E-state index contributed by atoms with van der Waals surface area (Å²) in [7, 11) is 0. The number of rotatable bonds is 3. The number of carbonyl (C=O) groups excluding carboxylic acids is 1. The van der Waals surface area contributed by atoms with Crippen LogP contribution >= 0.6 is 0 Å². The Bertz CT molecular complexity index is 251. The van der Waals surface area contributed by atoms with Gasteiger partial charge in [0.1, 0.15) is 0 Å². The van der Waals surface area contributed by atoms with Crippen molar-refractivity contribution >= 4 is 5.91 Å². The first-order valence-electron chi connectivity index (χ1n) is 4.82. The minimum atomic E-state index is 0.0548. The lowest BCUT2D eigenvalue weighted by molar-refractivity contribution is -0.118. The smallest absolute Gasteiger partial charge is 0.217 e. The Labute approximate surface area is 79.7 Å². The second kappa shape index (κ2) is 4.85. The summed E-state index contributed by atoms with van der Waals surface area (Å²) in [6.45, 7) is 4.32. The summed E-state index contributed by atoms with van der Waals surface area (Å²) in [6.07, 6.45) is 7.76. The van der Waals surface area contributed by atoms with Gasteiger partial charge in [-0.2, -0.15) is 0 Å². The number of amides is 1. The van der Waals surface area contributed by atoms with Crippen LogP contribution in [0, 0.1) is 0 Å². The van der Waals surface area contributed by atoms with E-state index in [1.54, 1.807) is 6.92 Å². The van der Waals surface area contributed by atoms with Gasteiger partial charge >= 0.3 is 0 Å². The zero-order valence-corrected chi connectivity index (χ0v) is 8.39. The Morgan fingerprint density at radius 3 is 2.92 bits per heavy atom. The minimum Gasteiger partial charge on any atom is -0.353 e. The quantitative estimate of drug-likeness (QED) is 0.707. The van der Waals surface area contributed by atoms with Crippen molar-refractivity contribution in [3.63, 3.8) is 0 Å². The van der Waals surface area contributed by atoms with Gasteiger partial charge in [-0.15, -0.1) is 0 Å². The molecule has 1 aliphatic carbocycles. The number of allylic oxidation sites excluding steroid dienone is 3. The maximum absolute atomic E-state index is 10.7. The van der Waals surface area contributed by atoms with Crippen LogP contribution in [-0.4, -0.2) is 12.5 Å². The van der Waals surface area contributed by atoms with Crippen LogP contribution in [0.1, 0.15) is 33.1 Å². The Morgan fingerprint density at radius 1 is 1.54 bits per heavy atom. The Hall–Kier alpha value is -1.05. The molecule has 0 saturated carbocycles. The van der Waals surface area contributed by atoms with Crippen LogP contribution < -0.4 is 5.32 Å². The monoisotopic (exact) mass is 179 g/mol. The van der Waals surface area contributed by atoms with Crippen LogP contribution in [0.3, 0.4) is 0 Å². The fourth-order valence-electron chi connectivity index (χ4n) is 1.67. The zero-order valence-electron chi connectivity index (χ0n) is 8.39. The SMILES string of the molecule is C/C=C\C1=C(CNC(C)=O)CCC1. The molecule has 1 rings (SSSR count). The van der Waals surface area contributed by atoms with Crippen LogP contribution in [0.2, 0.25) is 0 Å². The highest BCUT2D eigenvalue weighted by molar-refractivity contribution is 5.73. The molecule has 72 valence electrons. The third-order valence-corrected chi connectivity index (χ3v) is 2.30. The number of carbonyl (C=O) groups is 1. The van der Waals surface area contributed by atoms with Gasteiger partial charge in [0.05, 0.1) is 0 Å². The molecule has 1 N–H and O–H groups in total. The van der Waals surface area contributed by atoms with Gasteiger partial charge in [0, 0.05) is 13.5 Å². The van der Waals surface area contributed by atoms with Crippen molar-refractivity contribution in [2.75, 3.05) is 6.54 Å². The maximum Gasteiger partial charge on any atom is 0.217 e. The van der Waals surface area contributed by atoms with E-state index in [-0.39, 0.29) is 5.91 Å². The molecule has 0 bridgehead atoms. The fourth-order valence-corrected chi connectivity index (χ4v) is 1.67. The average Bonchev–Trinajstić information content (AvgIpc) is 2.49. The van der Waals surface area contributed by atoms with Gasteiger partial charge in [-0.3, -0.25) is 4.79 Å². The number of hydrogen-bond donors (Lipinski definition) is 1. The van der Waals surface area contributed by atoms with E-state index < -0.39 is 0 Å². The molecule has 0 atom stereocenters. The lowest BCUT2D eigenvalue weighted by Crippen LogP contribution is -2.22. The molecular formula is C11H17NO. The molecular weight excluding hydrogens is 162 g/mol. The standard InChI is InChI=1S/C11H17NO/c1-3-5-10-6-4-7-11(10)8-12-9(2)13/h3,5H,4,6-8H2,1-2H3,(H,12,13)/b5-3-. The molecule has 0 aliphatic heterocycles. The first-order chi connectivity index (χ1) is 6.24. The van der Waals surface area contributed by atoms with Crippen molar-refractivity contribution in [2.24, 2.45) is 0 Å². The molecule has 0 radical (unpaired) electrons. The van der Waals surface area contributed by atoms with Crippen molar-refractivity contribution < 1.29 is 4.79 Å². The number of nitrogens with one attached hydrogen (secondary N) is 1. The van der Waals surface area contributed by atoms with Gasteiger partial charge in [0.15, 0.2) is 0 Å². The van der Waals surface area contributed by atoms with E-state index in [0.29, 0.717) is 0 Å². The highest BCUT2D eigenvalue weighted by Gasteiger charge is 2.11. The zero-order chi connectivity index (χ0) is 9.68. The third-order valence-electron chi connectivity index (χ3n) is 2.30. The second-order valence-electron chi connectivity index (χ2n) is 3.39. The van der Waals surface area contributed by atoms with Crippen molar-refractivity contribution in [2.45, 2.75) is 33.1 Å². The molecule has 0 unspecified atom stereocenters. The second-order valence-corrected chi connectivity index (χ2v) is 3.39. The van der Waals surface area contributed by atoms with Crippen LogP contribution in [0.15, 0.2) is 23.3 Å². The van der Waals surface area contributed by atoms with Gasteiger partial charge in [0.2, 0.25) is 5.91 Å². The summed E-state index contributed by atoms with van der Waals surface area (Å²) in [5.74, 6) is 0.0548. The molecule has 0 aromatic rings. The predicted molar refractivity (Wildman–Crippen MR) is 54.4 cm³/mol. The molecule has 0 spiro atoms. The Kier molecular flexibility index (Phi) is 3.74. The van der Waals surface area contributed by atoms with Gasteiger partial charge in [-0.05, 0) is 37.3 Å². The summed E-state index contributed by atoms with van der Waals surface area (Å²) in [5.41, 5.74) is 2.81. The van der Waals surface area contributed by atoms with Crippen LogP contribution in [0.4, 0.5) is 0 Å². The largest absolute Gasteiger partial charge is 0.353 e. The van der Waals surface area contributed by atoms with Crippen molar-refractivity contribution in [1.82, 2.24) is 5.32 Å². The van der Waals surface area contributed by atoms with Gasteiger partial charge in [-0.1, -0.05) is 12.2 Å². The molecule has 0 fully saturated rings. The van der Waals surface area contributed by atoms with Gasteiger partial charge < -0.3 is 5.32 Å². The molecule has 1 aliphatic rings. The summed E-state index contributed by atoms with van der Waals surface area (Å²) >= 11 is 0. The van der Waals surface area contributed by atoms with E-state index in [4.69, 9.17) is 0 Å². The lowest BCUT2D eigenvalue weighted by atomic mass is 10.1. The van der Waals surface area contributed by atoms with Crippen LogP contribution in [-0.2, 0) is 4.79 Å². The highest BCUT2D eigenvalue weighted by atomic mass is 16.1. The van der Waals surface area contributed by atoms with Crippen LogP contribution in [0.25, 0.3) is 0 Å². The van der Waals surface area contributed by atoms with E-state index >= 15 is 0 Å². The highest BCUT2D eigenvalue weighted by Crippen LogP contribution is 2.26. The molecule has 0 saturated heterocycles. The Morgan fingerprint density at radius 2 is 2.31 bits per heavy atom. The first kappa shape index (κ1) is 10.0. The van der Waals surface area contributed by atoms with E-state index in [2.05, 4.69) is 17.5 Å². The van der Waals surface area contributed by atoms with Gasteiger partial charge in [0.25, 0.3) is 0 Å². The van der Waals surface area contributed by atoms with E-state index in [1.807, 2.05) is 6.92 Å². The van der Waals surface area contributed by atoms with E-state index in [0.717, 1.165) is 13.0 Å². The van der Waals surface area contributed by atoms with E-state index in [9.17, 15) is 4.79 Å². The van der Waals surface area contributed by atoms with E-state index in [1.165, 1.54) is 24.0 Å². The summed E-state index contributed by atoms with van der Waals surface area (Å²) in [5, 5.41) is 2.85. The fraction of sp³-hybridized carbons (Fsp3) is 0.545. The average molecular weight is 179 g/mol. The Balaban J connectivity index is 2.54.